The molecule has 0 radical (unpaired) electrons. The number of carbonyl (C=O) groups excluding carboxylic acids is 2. The van der Waals surface area contributed by atoms with Crippen molar-refractivity contribution in [2.24, 2.45) is 0 Å². The van der Waals surface area contributed by atoms with Crippen molar-refractivity contribution in [3.8, 4) is 0 Å². The Balaban J connectivity index is 2.38. The van der Waals surface area contributed by atoms with Crippen LogP contribution in [-0.2, 0) is 24.3 Å². The van der Waals surface area contributed by atoms with Gasteiger partial charge in [-0.15, -0.1) is 0 Å². The first-order valence-corrected chi connectivity index (χ1v) is 8.77. The number of carbonyl (C=O) groups is 2. The minimum atomic E-state index is -3.75. The van der Waals surface area contributed by atoms with E-state index in [1.165, 1.54) is 18.2 Å². The second-order valence-electron chi connectivity index (χ2n) is 4.99. The summed E-state index contributed by atoms with van der Waals surface area (Å²) < 4.78 is 30.9. The smallest absolute Gasteiger partial charge is 0.307 e. The van der Waals surface area contributed by atoms with Gasteiger partial charge < -0.3 is 10.1 Å². The number of halogens is 1. The van der Waals surface area contributed by atoms with Gasteiger partial charge in [-0.1, -0.05) is 17.7 Å². The van der Waals surface area contributed by atoms with Crippen LogP contribution in [-0.4, -0.2) is 39.5 Å². The molecule has 0 bridgehead atoms. The Morgan fingerprint density at radius 2 is 2.00 bits per heavy atom. The molecule has 0 saturated heterocycles. The Morgan fingerprint density at radius 3 is 2.61 bits per heavy atom. The summed E-state index contributed by atoms with van der Waals surface area (Å²) in [5.41, 5.74) is 0. The van der Waals surface area contributed by atoms with Crippen LogP contribution in [0.3, 0.4) is 0 Å². The Hall–Kier alpha value is -1.64. The fourth-order valence-corrected chi connectivity index (χ4v) is 2.92. The van der Waals surface area contributed by atoms with E-state index in [2.05, 4.69) is 10.0 Å². The number of nitrogens with one attached hydrogen (secondary N) is 2. The van der Waals surface area contributed by atoms with Crippen LogP contribution in [0.1, 0.15) is 20.3 Å². The van der Waals surface area contributed by atoms with Gasteiger partial charge in [0.1, 0.15) is 0 Å². The van der Waals surface area contributed by atoms with Crippen LogP contribution in [0, 0.1) is 0 Å². The van der Waals surface area contributed by atoms with E-state index in [-0.39, 0.29) is 23.9 Å². The highest BCUT2D eigenvalue weighted by molar-refractivity contribution is 7.89. The summed E-state index contributed by atoms with van der Waals surface area (Å²) in [6, 6.07) is 5.71. The first kappa shape index (κ1) is 19.4. The number of hydrogen-bond donors (Lipinski definition) is 2. The molecule has 2 N–H and O–H groups in total. The van der Waals surface area contributed by atoms with Gasteiger partial charge in [0.05, 0.1) is 11.3 Å². The van der Waals surface area contributed by atoms with Crippen molar-refractivity contribution in [2.75, 3.05) is 13.2 Å². The molecule has 0 aliphatic carbocycles. The molecule has 1 aromatic carbocycles. The van der Waals surface area contributed by atoms with Gasteiger partial charge >= 0.3 is 5.97 Å². The second-order valence-corrected chi connectivity index (χ2v) is 7.19. The lowest BCUT2D eigenvalue weighted by Crippen LogP contribution is -2.34. The maximum absolute atomic E-state index is 12.0. The molecule has 1 aromatic rings. The second kappa shape index (κ2) is 8.85. The first-order chi connectivity index (χ1) is 10.7. The third-order valence-electron chi connectivity index (χ3n) is 2.54. The van der Waals surface area contributed by atoms with Gasteiger partial charge in [-0.25, -0.2) is 13.1 Å². The van der Waals surface area contributed by atoms with Crippen molar-refractivity contribution >= 4 is 33.5 Å². The van der Waals surface area contributed by atoms with Crippen molar-refractivity contribution in [1.82, 2.24) is 10.0 Å². The van der Waals surface area contributed by atoms with Crippen molar-refractivity contribution in [3.63, 3.8) is 0 Å². The van der Waals surface area contributed by atoms with Gasteiger partial charge in [-0.05, 0) is 32.0 Å². The molecule has 0 atom stereocenters. The number of esters is 1. The predicted molar refractivity (Wildman–Crippen MR) is 85.5 cm³/mol. The number of rotatable bonds is 8. The fourth-order valence-electron chi connectivity index (χ4n) is 1.59. The Labute approximate surface area is 140 Å². The molecular formula is C14H19ClN2O5S. The van der Waals surface area contributed by atoms with Crippen LogP contribution < -0.4 is 10.0 Å². The van der Waals surface area contributed by atoms with Crippen molar-refractivity contribution in [1.29, 1.82) is 0 Å². The Bertz CT molecular complexity index is 661. The fraction of sp³-hybridized carbons (Fsp3) is 0.429. The average molecular weight is 363 g/mol. The standard InChI is InChI=1S/C14H19ClN2O5S/c1-10(2)17-13(18)9-22-14(19)6-7-16-23(20,21)12-5-3-4-11(15)8-12/h3-5,8,10,16H,6-7,9H2,1-2H3,(H,17,18). The molecule has 0 spiro atoms. The molecule has 7 nitrogen and oxygen atoms in total. The van der Waals surface area contributed by atoms with Crippen LogP contribution >= 0.6 is 11.6 Å². The maximum Gasteiger partial charge on any atom is 0.307 e. The molecule has 1 rings (SSSR count). The lowest BCUT2D eigenvalue weighted by molar-refractivity contribution is -0.148. The normalized spacial score (nSPS) is 11.3. The third-order valence-corrected chi connectivity index (χ3v) is 4.24. The van der Waals surface area contributed by atoms with Gasteiger partial charge in [-0.3, -0.25) is 9.59 Å². The lowest BCUT2D eigenvalue weighted by atomic mass is 10.4. The molecule has 9 heteroatoms. The zero-order valence-corrected chi connectivity index (χ0v) is 14.4. The number of amides is 1. The summed E-state index contributed by atoms with van der Waals surface area (Å²) in [5, 5.41) is 2.86. The number of ether oxygens (including phenoxy) is 1. The topological polar surface area (TPSA) is 102 Å². The minimum absolute atomic E-state index is 0.00896. The lowest BCUT2D eigenvalue weighted by Gasteiger charge is -2.09. The zero-order chi connectivity index (χ0) is 17.5. The van der Waals surface area contributed by atoms with Crippen LogP contribution in [0.15, 0.2) is 29.2 Å². The maximum atomic E-state index is 12.0. The molecule has 0 aliphatic heterocycles. The first-order valence-electron chi connectivity index (χ1n) is 6.91. The number of benzene rings is 1. The summed E-state index contributed by atoms with van der Waals surface area (Å²) >= 11 is 5.74. The summed E-state index contributed by atoms with van der Waals surface area (Å²) in [7, 11) is -3.75. The molecule has 0 heterocycles. The van der Waals surface area contributed by atoms with Gasteiger partial charge in [0.2, 0.25) is 10.0 Å². The van der Waals surface area contributed by atoms with E-state index in [4.69, 9.17) is 16.3 Å². The minimum Gasteiger partial charge on any atom is -0.456 e. The van der Waals surface area contributed by atoms with Crippen LogP contribution in [0.4, 0.5) is 0 Å². The summed E-state index contributed by atoms with van der Waals surface area (Å²) in [6.07, 6.45) is -0.186. The monoisotopic (exact) mass is 362 g/mol. The van der Waals surface area contributed by atoms with E-state index in [9.17, 15) is 18.0 Å². The zero-order valence-electron chi connectivity index (χ0n) is 12.8. The average Bonchev–Trinajstić information content (AvgIpc) is 2.44. The largest absolute Gasteiger partial charge is 0.456 e. The highest BCUT2D eigenvalue weighted by Crippen LogP contribution is 2.14. The predicted octanol–water partition coefficient (Wildman–Crippen LogP) is 1.08. The van der Waals surface area contributed by atoms with E-state index in [0.29, 0.717) is 5.02 Å². The van der Waals surface area contributed by atoms with Crippen molar-refractivity contribution in [3.05, 3.63) is 29.3 Å². The van der Waals surface area contributed by atoms with E-state index >= 15 is 0 Å². The molecule has 0 aliphatic rings. The summed E-state index contributed by atoms with van der Waals surface area (Å²) in [4.78, 5) is 22.8. The number of sulfonamides is 1. The van der Waals surface area contributed by atoms with Gasteiger partial charge in [0.25, 0.3) is 5.91 Å². The van der Waals surface area contributed by atoms with Crippen LogP contribution in [0.2, 0.25) is 5.02 Å². The van der Waals surface area contributed by atoms with E-state index in [1.807, 2.05) is 0 Å². The van der Waals surface area contributed by atoms with Gasteiger partial charge in [-0.2, -0.15) is 0 Å². The molecular weight excluding hydrogens is 344 g/mol. The summed E-state index contributed by atoms with van der Waals surface area (Å²) in [6.45, 7) is 3.03. The third kappa shape index (κ3) is 7.45. The molecule has 128 valence electrons. The molecule has 23 heavy (non-hydrogen) atoms. The van der Waals surface area contributed by atoms with Gasteiger partial charge in [0, 0.05) is 17.6 Å². The molecule has 0 saturated carbocycles. The van der Waals surface area contributed by atoms with Crippen molar-refractivity contribution < 1.29 is 22.7 Å². The Kier molecular flexibility index (Phi) is 7.47. The van der Waals surface area contributed by atoms with Crippen LogP contribution in [0.25, 0.3) is 0 Å². The highest BCUT2D eigenvalue weighted by atomic mass is 35.5. The van der Waals surface area contributed by atoms with E-state index in [1.54, 1.807) is 19.9 Å². The summed E-state index contributed by atoms with van der Waals surface area (Å²) in [5.74, 6) is -1.08. The van der Waals surface area contributed by atoms with Crippen LogP contribution in [0.5, 0.6) is 0 Å². The van der Waals surface area contributed by atoms with Gasteiger partial charge in [0.15, 0.2) is 6.61 Å². The molecule has 0 fully saturated rings. The van der Waals surface area contributed by atoms with E-state index in [0.717, 1.165) is 0 Å². The molecule has 0 aromatic heterocycles. The highest BCUT2D eigenvalue weighted by Gasteiger charge is 2.15. The SMILES string of the molecule is CC(C)NC(=O)COC(=O)CCNS(=O)(=O)c1cccc(Cl)c1. The van der Waals surface area contributed by atoms with Crippen molar-refractivity contribution in [2.45, 2.75) is 31.2 Å². The van der Waals surface area contributed by atoms with E-state index < -0.39 is 28.5 Å². The molecule has 0 unspecified atom stereocenters. The number of hydrogen-bond acceptors (Lipinski definition) is 5. The quantitative estimate of drug-likeness (QED) is 0.674. The molecule has 1 amide bonds. The Morgan fingerprint density at radius 1 is 1.30 bits per heavy atom.